The maximum Gasteiger partial charge on any atom is 0.407 e. The molecule has 0 heterocycles. The van der Waals surface area contributed by atoms with Crippen molar-refractivity contribution in [3.8, 4) is 0 Å². The summed E-state index contributed by atoms with van der Waals surface area (Å²) in [5.41, 5.74) is 6.33. The maximum absolute atomic E-state index is 12.2. The van der Waals surface area contributed by atoms with Gasteiger partial charge >= 0.3 is 12.1 Å². The van der Waals surface area contributed by atoms with Gasteiger partial charge in [0, 0.05) is 12.5 Å². The number of carbonyl (C=O) groups is 3. The number of alkyl carbamates (subject to hydrolysis) is 1. The summed E-state index contributed by atoms with van der Waals surface area (Å²) in [4.78, 5) is 34.2. The molecular weight excluding hydrogens is 424 g/mol. The number of hydrogen-bond donors (Lipinski definition) is 3. The van der Waals surface area contributed by atoms with Gasteiger partial charge in [0.05, 0.1) is 18.8 Å². The smallest absolute Gasteiger partial charge is 0.407 e. The number of aliphatic carboxylic acids is 1. The van der Waals surface area contributed by atoms with Crippen LogP contribution in [0.2, 0.25) is 0 Å². The van der Waals surface area contributed by atoms with Gasteiger partial charge in [-0.3, -0.25) is 4.79 Å². The van der Waals surface area contributed by atoms with E-state index in [1.54, 1.807) is 26.8 Å². The van der Waals surface area contributed by atoms with Crippen LogP contribution in [0.5, 0.6) is 0 Å². The van der Waals surface area contributed by atoms with E-state index in [-0.39, 0.29) is 13.0 Å². The van der Waals surface area contributed by atoms with Crippen LogP contribution >= 0.6 is 0 Å². The van der Waals surface area contributed by atoms with Crippen molar-refractivity contribution in [2.24, 2.45) is 5.73 Å². The molecule has 2 atom stereocenters. The number of amides is 2. The van der Waals surface area contributed by atoms with E-state index in [0.717, 1.165) is 28.0 Å². The number of primary amides is 1. The van der Waals surface area contributed by atoms with E-state index >= 15 is 0 Å². The van der Waals surface area contributed by atoms with Gasteiger partial charge in [0.25, 0.3) is 0 Å². The maximum atomic E-state index is 12.2. The zero-order valence-corrected chi connectivity index (χ0v) is 19.5. The third-order valence-electron chi connectivity index (χ3n) is 4.83. The SMILES string of the molecule is C[C@@H](OCc1ccc2ccc(/C=C/C(=O)O)cc2c1)[C@H](CCC(N)=O)NC(=O)OC(C)(C)C. The Balaban J connectivity index is 2.08. The average Bonchev–Trinajstić information content (AvgIpc) is 2.71. The highest BCUT2D eigenvalue weighted by molar-refractivity contribution is 5.89. The lowest BCUT2D eigenvalue weighted by Crippen LogP contribution is -2.45. The first-order chi connectivity index (χ1) is 15.4. The second-order valence-electron chi connectivity index (χ2n) is 8.89. The number of carboxylic acids is 1. The van der Waals surface area contributed by atoms with Crippen molar-refractivity contribution in [1.82, 2.24) is 5.32 Å². The zero-order valence-electron chi connectivity index (χ0n) is 19.5. The number of hydrogen-bond acceptors (Lipinski definition) is 5. The van der Waals surface area contributed by atoms with Gasteiger partial charge in [-0.1, -0.05) is 24.3 Å². The fourth-order valence-corrected chi connectivity index (χ4v) is 3.20. The van der Waals surface area contributed by atoms with E-state index in [1.165, 1.54) is 0 Å². The number of nitrogens with two attached hydrogens (primary N) is 1. The lowest BCUT2D eigenvalue weighted by atomic mass is 10.0. The molecule has 0 saturated carbocycles. The van der Waals surface area contributed by atoms with Crippen LogP contribution in [-0.2, 0) is 25.7 Å². The summed E-state index contributed by atoms with van der Waals surface area (Å²) in [5.74, 6) is -1.46. The molecule has 2 aromatic carbocycles. The van der Waals surface area contributed by atoms with Gasteiger partial charge in [-0.25, -0.2) is 9.59 Å². The average molecular weight is 457 g/mol. The molecule has 0 aliphatic carbocycles. The number of carboxylic acid groups (broad SMARTS) is 1. The molecule has 0 bridgehead atoms. The minimum Gasteiger partial charge on any atom is -0.478 e. The van der Waals surface area contributed by atoms with Crippen LogP contribution in [0.4, 0.5) is 4.79 Å². The molecule has 2 aromatic rings. The van der Waals surface area contributed by atoms with Crippen molar-refractivity contribution in [2.75, 3.05) is 0 Å². The fraction of sp³-hybridized carbons (Fsp3) is 0.400. The predicted octanol–water partition coefficient (Wildman–Crippen LogP) is 4.00. The standard InChI is InChI=1S/C25H32N2O6/c1-16(21(10-11-22(26)28)27-24(31)33-25(2,3)4)32-15-18-6-9-19-8-5-17(7-12-23(29)30)13-20(19)14-18/h5-9,12-14,16,21H,10-11,15H2,1-4H3,(H2,26,28)(H,27,31)(H,29,30)/b12-7+/t16-,21+/m1/s1. The van der Waals surface area contributed by atoms with Gasteiger partial charge in [-0.2, -0.15) is 0 Å². The summed E-state index contributed by atoms with van der Waals surface area (Å²) in [7, 11) is 0. The Morgan fingerprint density at radius 2 is 1.82 bits per heavy atom. The number of carbonyl (C=O) groups excluding carboxylic acids is 2. The highest BCUT2D eigenvalue weighted by Crippen LogP contribution is 2.20. The second-order valence-corrected chi connectivity index (χ2v) is 8.89. The van der Waals surface area contributed by atoms with Crippen molar-refractivity contribution in [1.29, 1.82) is 0 Å². The number of fused-ring (bicyclic) bond motifs is 1. The van der Waals surface area contributed by atoms with Crippen LogP contribution in [0.25, 0.3) is 16.8 Å². The third-order valence-corrected chi connectivity index (χ3v) is 4.83. The van der Waals surface area contributed by atoms with Crippen molar-refractivity contribution in [2.45, 2.75) is 64.9 Å². The van der Waals surface area contributed by atoms with Gasteiger partial charge in [0.15, 0.2) is 0 Å². The summed E-state index contributed by atoms with van der Waals surface area (Å²) in [6, 6.07) is 11.1. The molecule has 0 aliphatic heterocycles. The highest BCUT2D eigenvalue weighted by atomic mass is 16.6. The fourth-order valence-electron chi connectivity index (χ4n) is 3.20. The first-order valence-corrected chi connectivity index (χ1v) is 10.8. The molecule has 0 saturated heterocycles. The molecule has 0 aromatic heterocycles. The monoisotopic (exact) mass is 456 g/mol. The molecular formula is C25H32N2O6. The molecule has 4 N–H and O–H groups in total. The van der Waals surface area contributed by atoms with E-state index in [2.05, 4.69) is 5.32 Å². The van der Waals surface area contributed by atoms with E-state index in [4.69, 9.17) is 20.3 Å². The topological polar surface area (TPSA) is 128 Å². The van der Waals surface area contributed by atoms with E-state index in [0.29, 0.717) is 6.42 Å². The molecule has 0 radical (unpaired) electrons. The Morgan fingerprint density at radius 1 is 1.12 bits per heavy atom. The molecule has 8 nitrogen and oxygen atoms in total. The molecule has 0 fully saturated rings. The lowest BCUT2D eigenvalue weighted by molar-refractivity contribution is -0.131. The number of rotatable bonds is 10. The third kappa shape index (κ3) is 9.33. The molecule has 0 aliphatic rings. The van der Waals surface area contributed by atoms with Crippen LogP contribution in [0.15, 0.2) is 42.5 Å². The van der Waals surface area contributed by atoms with Crippen molar-refractivity contribution in [3.05, 3.63) is 53.6 Å². The molecule has 2 amide bonds. The van der Waals surface area contributed by atoms with Crippen LogP contribution in [-0.4, -0.2) is 40.8 Å². The normalized spacial score (nSPS) is 13.6. The van der Waals surface area contributed by atoms with Gasteiger partial charge < -0.3 is 25.6 Å². The Hall–Kier alpha value is -3.39. The summed E-state index contributed by atoms with van der Waals surface area (Å²) >= 11 is 0. The van der Waals surface area contributed by atoms with Gasteiger partial charge in [-0.15, -0.1) is 0 Å². The lowest BCUT2D eigenvalue weighted by Gasteiger charge is -2.27. The second kappa shape index (κ2) is 11.5. The minimum absolute atomic E-state index is 0.108. The number of ether oxygens (including phenoxy) is 2. The van der Waals surface area contributed by atoms with Crippen LogP contribution in [0.1, 0.15) is 51.7 Å². The minimum atomic E-state index is -1.00. The van der Waals surface area contributed by atoms with Crippen molar-refractivity contribution in [3.63, 3.8) is 0 Å². The summed E-state index contributed by atoms with van der Waals surface area (Å²) in [6.07, 6.45) is 2.08. The zero-order chi connectivity index (χ0) is 24.6. The van der Waals surface area contributed by atoms with E-state index in [9.17, 15) is 14.4 Å². The molecule has 0 spiro atoms. The highest BCUT2D eigenvalue weighted by Gasteiger charge is 2.24. The summed E-state index contributed by atoms with van der Waals surface area (Å²) in [5, 5.41) is 13.6. The van der Waals surface area contributed by atoms with E-state index in [1.807, 2.05) is 43.3 Å². The van der Waals surface area contributed by atoms with E-state index < -0.39 is 35.7 Å². The Labute approximate surface area is 193 Å². The first kappa shape index (κ1) is 25.9. The van der Waals surface area contributed by atoms with Crippen molar-refractivity contribution >= 4 is 34.8 Å². The van der Waals surface area contributed by atoms with Crippen LogP contribution in [0.3, 0.4) is 0 Å². The molecule has 178 valence electrons. The molecule has 8 heteroatoms. The Bertz CT molecular complexity index is 1030. The molecule has 2 rings (SSSR count). The van der Waals surface area contributed by atoms with Crippen LogP contribution < -0.4 is 11.1 Å². The van der Waals surface area contributed by atoms with Gasteiger partial charge in [-0.05, 0) is 74.2 Å². The van der Waals surface area contributed by atoms with Crippen LogP contribution in [0, 0.1) is 0 Å². The number of nitrogens with one attached hydrogen (secondary N) is 1. The quantitative estimate of drug-likeness (QED) is 0.464. The molecule has 33 heavy (non-hydrogen) atoms. The van der Waals surface area contributed by atoms with Gasteiger partial charge in [0.1, 0.15) is 5.60 Å². The Kier molecular flexibility index (Phi) is 8.99. The van der Waals surface area contributed by atoms with Gasteiger partial charge in [0.2, 0.25) is 5.91 Å². The summed E-state index contributed by atoms with van der Waals surface area (Å²) < 4.78 is 11.3. The summed E-state index contributed by atoms with van der Waals surface area (Å²) in [6.45, 7) is 7.42. The predicted molar refractivity (Wildman–Crippen MR) is 126 cm³/mol. The van der Waals surface area contributed by atoms with Crippen molar-refractivity contribution < 1.29 is 29.0 Å². The number of benzene rings is 2. The molecule has 0 unspecified atom stereocenters. The Morgan fingerprint density at radius 3 is 2.45 bits per heavy atom. The largest absolute Gasteiger partial charge is 0.478 e. The first-order valence-electron chi connectivity index (χ1n) is 10.8.